The number of hydrogen-bond donors (Lipinski definition) is 1. The van der Waals surface area contributed by atoms with Crippen molar-refractivity contribution < 1.29 is 18.3 Å². The second-order valence-corrected chi connectivity index (χ2v) is 5.14. The maximum Gasteiger partial charge on any atom is 0.339 e. The second-order valence-electron chi connectivity index (χ2n) is 4.36. The lowest BCUT2D eigenvalue weighted by Gasteiger charge is -2.26. The Kier molecular flexibility index (Phi) is 4.13. The molecule has 106 valence electrons. The van der Waals surface area contributed by atoms with E-state index in [-0.39, 0.29) is 0 Å². The molecule has 4 nitrogen and oxygen atoms in total. The lowest BCUT2D eigenvalue weighted by molar-refractivity contribution is -0.146. The van der Waals surface area contributed by atoms with Crippen molar-refractivity contribution in [1.82, 2.24) is 0 Å². The summed E-state index contributed by atoms with van der Waals surface area (Å²) in [6.07, 6.45) is 0. The minimum Gasteiger partial charge on any atom is -0.467 e. The van der Waals surface area contributed by atoms with Gasteiger partial charge in [0.2, 0.25) is 0 Å². The molecule has 0 aliphatic rings. The highest BCUT2D eigenvalue weighted by molar-refractivity contribution is 9.10. The van der Waals surface area contributed by atoms with Gasteiger partial charge in [-0.25, -0.2) is 9.18 Å². The molecule has 0 spiro atoms. The number of esters is 1. The molecule has 2 rings (SSSR count). The molecular formula is C14H13BrFNO3. The molecule has 0 bridgehead atoms. The van der Waals surface area contributed by atoms with Crippen molar-refractivity contribution in [2.24, 2.45) is 0 Å². The molecule has 1 heterocycles. The van der Waals surface area contributed by atoms with Crippen LogP contribution >= 0.6 is 15.9 Å². The fourth-order valence-corrected chi connectivity index (χ4v) is 2.16. The maximum atomic E-state index is 13.2. The number of anilines is 1. The van der Waals surface area contributed by atoms with Gasteiger partial charge in [-0.3, -0.25) is 0 Å². The van der Waals surface area contributed by atoms with Crippen LogP contribution in [0.4, 0.5) is 10.1 Å². The summed E-state index contributed by atoms with van der Waals surface area (Å²) in [5.41, 5.74) is -0.806. The van der Waals surface area contributed by atoms with E-state index in [1.807, 2.05) is 0 Å². The minimum absolute atomic E-state index is 0.362. The fourth-order valence-electron chi connectivity index (χ4n) is 1.86. The van der Waals surface area contributed by atoms with E-state index < -0.39 is 17.3 Å². The zero-order chi connectivity index (χ0) is 14.8. The Hall–Kier alpha value is -1.82. The van der Waals surface area contributed by atoms with Gasteiger partial charge in [0, 0.05) is 5.69 Å². The van der Waals surface area contributed by atoms with Crippen LogP contribution in [0.3, 0.4) is 0 Å². The van der Waals surface area contributed by atoms with Gasteiger partial charge in [-0.2, -0.15) is 0 Å². The predicted octanol–water partition coefficient (Wildman–Crippen LogP) is 3.68. The van der Waals surface area contributed by atoms with Crippen molar-refractivity contribution in [2.45, 2.75) is 12.5 Å². The minimum atomic E-state index is -1.26. The van der Waals surface area contributed by atoms with Crippen LogP contribution in [-0.4, -0.2) is 13.1 Å². The molecule has 0 saturated heterocycles. The number of benzene rings is 1. The third kappa shape index (κ3) is 2.85. The largest absolute Gasteiger partial charge is 0.467 e. The Balaban J connectivity index is 2.40. The molecule has 0 aliphatic carbocycles. The van der Waals surface area contributed by atoms with Crippen molar-refractivity contribution in [1.29, 1.82) is 0 Å². The molecule has 0 fully saturated rings. The van der Waals surface area contributed by atoms with Crippen molar-refractivity contribution in [3.63, 3.8) is 0 Å². The summed E-state index contributed by atoms with van der Waals surface area (Å²) in [5.74, 6) is -0.577. The number of furan rings is 1. The molecule has 1 N–H and O–H groups in total. The number of halogens is 2. The first kappa shape index (κ1) is 14.6. The quantitative estimate of drug-likeness (QED) is 0.862. The van der Waals surface area contributed by atoms with Crippen LogP contribution in [0.1, 0.15) is 12.7 Å². The molecule has 1 atom stereocenters. The summed E-state index contributed by atoms with van der Waals surface area (Å²) in [6, 6.07) is 9.13. The van der Waals surface area contributed by atoms with E-state index in [0.717, 1.165) is 0 Å². The highest BCUT2D eigenvalue weighted by Gasteiger charge is 2.39. The predicted molar refractivity (Wildman–Crippen MR) is 75.8 cm³/mol. The van der Waals surface area contributed by atoms with E-state index >= 15 is 0 Å². The molecule has 1 unspecified atom stereocenters. The van der Waals surface area contributed by atoms with Crippen LogP contribution in [0.15, 0.2) is 45.5 Å². The highest BCUT2D eigenvalue weighted by Crippen LogP contribution is 2.30. The SMILES string of the molecule is COC(=O)C(C)(Nc1cccc(F)c1)c1ccc(Br)o1. The molecule has 0 amide bonds. The molecule has 1 aromatic carbocycles. The summed E-state index contributed by atoms with van der Waals surface area (Å²) in [7, 11) is 1.28. The number of methoxy groups -OCH3 is 1. The van der Waals surface area contributed by atoms with Crippen LogP contribution < -0.4 is 5.32 Å². The van der Waals surface area contributed by atoms with E-state index in [4.69, 9.17) is 9.15 Å². The average Bonchev–Trinajstić information content (AvgIpc) is 2.85. The Morgan fingerprint density at radius 2 is 2.15 bits per heavy atom. The first-order valence-electron chi connectivity index (χ1n) is 5.83. The Morgan fingerprint density at radius 1 is 1.40 bits per heavy atom. The van der Waals surface area contributed by atoms with Gasteiger partial charge in [0.1, 0.15) is 11.6 Å². The van der Waals surface area contributed by atoms with Crippen molar-refractivity contribution >= 4 is 27.6 Å². The first-order chi connectivity index (χ1) is 9.45. The van der Waals surface area contributed by atoms with Crippen LogP contribution in [0.2, 0.25) is 0 Å². The number of nitrogens with one attached hydrogen (secondary N) is 1. The molecule has 0 saturated carbocycles. The zero-order valence-electron chi connectivity index (χ0n) is 10.9. The van der Waals surface area contributed by atoms with E-state index in [1.54, 1.807) is 31.2 Å². The molecule has 0 radical (unpaired) electrons. The zero-order valence-corrected chi connectivity index (χ0v) is 12.5. The average molecular weight is 342 g/mol. The number of rotatable bonds is 4. The summed E-state index contributed by atoms with van der Waals surface area (Å²) in [4.78, 5) is 12.1. The van der Waals surface area contributed by atoms with Crippen LogP contribution in [-0.2, 0) is 15.1 Å². The smallest absolute Gasteiger partial charge is 0.339 e. The first-order valence-corrected chi connectivity index (χ1v) is 6.63. The number of carbonyl (C=O) groups is 1. The molecule has 1 aromatic heterocycles. The van der Waals surface area contributed by atoms with Crippen molar-refractivity contribution in [2.75, 3.05) is 12.4 Å². The number of ether oxygens (including phenoxy) is 1. The van der Waals surface area contributed by atoms with Gasteiger partial charge < -0.3 is 14.5 Å². The summed E-state index contributed by atoms with van der Waals surface area (Å²) < 4.78 is 24.0. The van der Waals surface area contributed by atoms with E-state index in [0.29, 0.717) is 16.1 Å². The van der Waals surface area contributed by atoms with Gasteiger partial charge in [-0.05, 0) is 53.2 Å². The van der Waals surface area contributed by atoms with Crippen molar-refractivity contribution in [3.8, 4) is 0 Å². The monoisotopic (exact) mass is 341 g/mol. The fraction of sp³-hybridized carbons (Fsp3) is 0.214. The lowest BCUT2D eigenvalue weighted by Crippen LogP contribution is -2.41. The lowest BCUT2D eigenvalue weighted by atomic mass is 9.98. The second kappa shape index (κ2) is 5.66. The van der Waals surface area contributed by atoms with Gasteiger partial charge in [-0.15, -0.1) is 0 Å². The Morgan fingerprint density at radius 3 is 2.70 bits per heavy atom. The molecule has 6 heteroatoms. The number of carbonyl (C=O) groups excluding carboxylic acids is 1. The van der Waals surface area contributed by atoms with E-state index in [1.165, 1.54) is 19.2 Å². The van der Waals surface area contributed by atoms with Crippen LogP contribution in [0, 0.1) is 5.82 Å². The topological polar surface area (TPSA) is 51.5 Å². The van der Waals surface area contributed by atoms with Gasteiger partial charge in [0.25, 0.3) is 0 Å². The molecular weight excluding hydrogens is 329 g/mol. The van der Waals surface area contributed by atoms with Gasteiger partial charge in [-0.1, -0.05) is 6.07 Å². The van der Waals surface area contributed by atoms with Crippen LogP contribution in [0.5, 0.6) is 0 Å². The van der Waals surface area contributed by atoms with Gasteiger partial charge >= 0.3 is 5.97 Å². The van der Waals surface area contributed by atoms with E-state index in [2.05, 4.69) is 21.2 Å². The standard InChI is InChI=1S/C14H13BrFNO3/c1-14(13(18)19-2,11-6-7-12(15)20-11)17-10-5-3-4-9(16)8-10/h3-8,17H,1-2H3. The Bertz CT molecular complexity index is 628. The summed E-state index contributed by atoms with van der Waals surface area (Å²) in [6.45, 7) is 1.61. The summed E-state index contributed by atoms with van der Waals surface area (Å²) in [5, 5.41) is 2.95. The molecule has 2 aromatic rings. The van der Waals surface area contributed by atoms with Gasteiger partial charge in [0.05, 0.1) is 7.11 Å². The van der Waals surface area contributed by atoms with Crippen molar-refractivity contribution in [3.05, 3.63) is 52.6 Å². The van der Waals surface area contributed by atoms with Crippen LogP contribution in [0.25, 0.3) is 0 Å². The summed E-state index contributed by atoms with van der Waals surface area (Å²) >= 11 is 3.19. The molecule has 0 aliphatic heterocycles. The molecule has 20 heavy (non-hydrogen) atoms. The third-order valence-corrected chi connectivity index (χ3v) is 3.30. The van der Waals surface area contributed by atoms with E-state index in [9.17, 15) is 9.18 Å². The third-order valence-electron chi connectivity index (χ3n) is 2.88. The number of hydrogen-bond acceptors (Lipinski definition) is 4. The maximum absolute atomic E-state index is 13.2. The van der Waals surface area contributed by atoms with Gasteiger partial charge in [0.15, 0.2) is 10.2 Å². The Labute approximate surface area is 124 Å². The normalized spacial score (nSPS) is 13.6. The highest BCUT2D eigenvalue weighted by atomic mass is 79.9.